The number of hydrogen-bond acceptors (Lipinski definition) is 3. The third-order valence-electron chi connectivity index (χ3n) is 7.84. The number of benzene rings is 2. The summed E-state index contributed by atoms with van der Waals surface area (Å²) in [5, 5.41) is 5.07. The summed E-state index contributed by atoms with van der Waals surface area (Å²) in [7, 11) is 1.79. The van der Waals surface area contributed by atoms with Crippen molar-refractivity contribution in [1.29, 1.82) is 0 Å². The van der Waals surface area contributed by atoms with Crippen LogP contribution in [0.2, 0.25) is 0 Å². The van der Waals surface area contributed by atoms with E-state index in [-0.39, 0.29) is 23.6 Å². The molecule has 11 heteroatoms. The van der Waals surface area contributed by atoms with Crippen LogP contribution in [0.1, 0.15) is 82.1 Å². The Balaban J connectivity index is 0.00000169. The van der Waals surface area contributed by atoms with Crippen LogP contribution in [-0.2, 0) is 23.7 Å². The SMILES string of the molecule is CC=O.CCCCCC1(C)CCN(C(=NC)/C(C)=C/c2ccc3nn(Cc4ccc(C(F)(F)F)cc4C(F)(F)F)cc3c2)C1. The lowest BCUT2D eigenvalue weighted by atomic mass is 9.84. The van der Waals surface area contributed by atoms with E-state index in [0.29, 0.717) is 17.0 Å². The van der Waals surface area contributed by atoms with Gasteiger partial charge in [0.2, 0.25) is 0 Å². The van der Waals surface area contributed by atoms with Crippen LogP contribution in [0.25, 0.3) is 17.0 Å². The Bertz CT molecular complexity index is 1490. The summed E-state index contributed by atoms with van der Waals surface area (Å²) in [4.78, 5) is 15.7. The molecule has 5 nitrogen and oxygen atoms in total. The smallest absolute Gasteiger partial charge is 0.356 e. The maximum Gasteiger partial charge on any atom is 0.416 e. The predicted molar refractivity (Wildman–Crippen MR) is 162 cm³/mol. The van der Waals surface area contributed by atoms with Gasteiger partial charge in [0.25, 0.3) is 0 Å². The number of aldehydes is 1. The Morgan fingerprint density at radius 2 is 1.77 bits per heavy atom. The van der Waals surface area contributed by atoms with Crippen LogP contribution in [0.5, 0.6) is 0 Å². The number of carbonyl (C=O) groups is 1. The fraction of sp³-hybridized carbons (Fsp3) is 0.485. The number of nitrogens with zero attached hydrogens (tertiary/aromatic N) is 4. The first-order valence-electron chi connectivity index (χ1n) is 14.7. The zero-order chi connectivity index (χ0) is 32.7. The summed E-state index contributed by atoms with van der Waals surface area (Å²) in [6.07, 6.45) is 0.606. The molecule has 0 radical (unpaired) electrons. The van der Waals surface area contributed by atoms with E-state index >= 15 is 0 Å². The van der Waals surface area contributed by atoms with Gasteiger partial charge >= 0.3 is 12.4 Å². The van der Waals surface area contributed by atoms with Crippen LogP contribution in [0.3, 0.4) is 0 Å². The van der Waals surface area contributed by atoms with Crippen LogP contribution in [0.4, 0.5) is 26.3 Å². The molecule has 0 spiro atoms. The van der Waals surface area contributed by atoms with Crippen molar-refractivity contribution in [2.75, 3.05) is 20.1 Å². The third kappa shape index (κ3) is 8.95. The molecule has 1 aliphatic heterocycles. The Kier molecular flexibility index (Phi) is 11.4. The van der Waals surface area contributed by atoms with Crippen LogP contribution in [0, 0.1) is 5.41 Å². The molecule has 0 saturated carbocycles. The highest BCUT2D eigenvalue weighted by molar-refractivity contribution is 6.02. The molecule has 2 heterocycles. The number of likely N-dealkylation sites (tertiary alicyclic amines) is 1. The molecule has 0 amide bonds. The van der Waals surface area contributed by atoms with Crippen LogP contribution >= 0.6 is 0 Å². The Morgan fingerprint density at radius 1 is 1.07 bits per heavy atom. The van der Waals surface area contributed by atoms with E-state index in [1.807, 2.05) is 25.1 Å². The van der Waals surface area contributed by atoms with Gasteiger partial charge in [-0.3, -0.25) is 9.67 Å². The molecule has 0 aliphatic carbocycles. The third-order valence-corrected chi connectivity index (χ3v) is 7.84. The zero-order valence-corrected chi connectivity index (χ0v) is 25.8. The lowest BCUT2D eigenvalue weighted by molar-refractivity contribution is -0.143. The molecule has 1 fully saturated rings. The standard InChI is InChI=1S/C31H36F6N4.C2H4O/c1-5-6-7-12-29(3)13-14-40(20-29)28(38-4)21(2)15-22-8-11-27-24(16-22)19-41(39-27)18-23-9-10-25(30(32,33)34)17-26(23)31(35,36)37;1-2-3/h8-11,15-17,19H,5-7,12-14,18,20H2,1-4H3;2H,1H3/b21-15+,38-28?;. The van der Waals surface area contributed by atoms with Gasteiger partial charge < -0.3 is 9.69 Å². The van der Waals surface area contributed by atoms with E-state index in [1.54, 1.807) is 19.3 Å². The summed E-state index contributed by atoms with van der Waals surface area (Å²) < 4.78 is 81.2. The number of aromatic nitrogens is 2. The van der Waals surface area contributed by atoms with Gasteiger partial charge in [0.05, 0.1) is 23.2 Å². The number of hydrogen-bond donors (Lipinski definition) is 0. The number of fused-ring (bicyclic) bond motifs is 1. The highest BCUT2D eigenvalue weighted by Gasteiger charge is 2.38. The molecule has 1 aromatic heterocycles. The van der Waals surface area contributed by atoms with Crippen molar-refractivity contribution in [3.05, 3.63) is 70.4 Å². The molecular weight excluding hydrogens is 582 g/mol. The molecule has 1 aliphatic rings. The second-order valence-corrected chi connectivity index (χ2v) is 11.6. The summed E-state index contributed by atoms with van der Waals surface area (Å²) in [5.74, 6) is 0.946. The van der Waals surface area contributed by atoms with Crippen LogP contribution in [-0.4, -0.2) is 46.9 Å². The molecule has 2 aromatic carbocycles. The van der Waals surface area contributed by atoms with Gasteiger partial charge in [-0.05, 0) is 79.1 Å². The van der Waals surface area contributed by atoms with Crippen molar-refractivity contribution >= 4 is 29.1 Å². The molecule has 0 bridgehead atoms. The van der Waals surface area contributed by atoms with Crippen molar-refractivity contribution in [2.45, 2.75) is 78.7 Å². The minimum absolute atomic E-state index is 0.158. The van der Waals surface area contributed by atoms with E-state index in [1.165, 1.54) is 37.3 Å². The Labute approximate surface area is 254 Å². The highest BCUT2D eigenvalue weighted by Crippen LogP contribution is 2.38. The molecular formula is C33H40F6N4O. The molecule has 44 heavy (non-hydrogen) atoms. The van der Waals surface area contributed by atoms with E-state index in [0.717, 1.165) is 48.8 Å². The monoisotopic (exact) mass is 622 g/mol. The van der Waals surface area contributed by atoms with Crippen LogP contribution < -0.4 is 0 Å². The lowest BCUT2D eigenvalue weighted by Gasteiger charge is -2.26. The minimum Gasteiger partial charge on any atom is -0.356 e. The van der Waals surface area contributed by atoms with Gasteiger partial charge in [-0.1, -0.05) is 45.2 Å². The molecule has 0 N–H and O–H groups in total. The maximum atomic E-state index is 13.6. The van der Waals surface area contributed by atoms with Crippen molar-refractivity contribution in [1.82, 2.24) is 14.7 Å². The van der Waals surface area contributed by atoms with Crippen LogP contribution in [0.15, 0.2) is 53.2 Å². The maximum absolute atomic E-state index is 13.6. The fourth-order valence-corrected chi connectivity index (χ4v) is 5.69. The number of rotatable bonds is 8. The average Bonchev–Trinajstić information content (AvgIpc) is 3.51. The van der Waals surface area contributed by atoms with Gasteiger partial charge in [0, 0.05) is 31.7 Å². The minimum atomic E-state index is -4.93. The van der Waals surface area contributed by atoms with E-state index in [2.05, 4.69) is 28.8 Å². The largest absolute Gasteiger partial charge is 0.416 e. The normalized spacial score (nSPS) is 18.0. The van der Waals surface area contributed by atoms with E-state index in [4.69, 9.17) is 4.79 Å². The van der Waals surface area contributed by atoms with Crippen molar-refractivity contribution in [2.24, 2.45) is 10.4 Å². The zero-order valence-electron chi connectivity index (χ0n) is 25.8. The summed E-state index contributed by atoms with van der Waals surface area (Å²) >= 11 is 0. The second kappa shape index (κ2) is 14.4. The molecule has 1 saturated heterocycles. The molecule has 1 unspecified atom stereocenters. The summed E-state index contributed by atoms with van der Waals surface area (Å²) in [6, 6.07) is 7.26. The first-order valence-corrected chi connectivity index (χ1v) is 14.7. The van der Waals surface area contributed by atoms with Crippen molar-refractivity contribution < 1.29 is 31.1 Å². The highest BCUT2D eigenvalue weighted by atomic mass is 19.4. The Morgan fingerprint density at radius 3 is 2.39 bits per heavy atom. The Hall–Kier alpha value is -3.63. The summed E-state index contributed by atoms with van der Waals surface area (Å²) in [6.45, 7) is 9.63. The number of unbranched alkanes of at least 4 members (excludes halogenated alkanes) is 2. The number of halogens is 6. The summed E-state index contributed by atoms with van der Waals surface area (Å²) in [5.41, 5.74) is -0.185. The van der Waals surface area contributed by atoms with Gasteiger partial charge in [-0.15, -0.1) is 0 Å². The topological polar surface area (TPSA) is 50.5 Å². The van der Waals surface area contributed by atoms with Gasteiger partial charge in [0.15, 0.2) is 0 Å². The molecule has 1 atom stereocenters. The average molecular weight is 623 g/mol. The predicted octanol–water partition coefficient (Wildman–Crippen LogP) is 9.05. The number of alkyl halides is 6. The lowest BCUT2D eigenvalue weighted by Crippen LogP contribution is -2.31. The number of carbonyl (C=O) groups excluding carboxylic acids is 1. The fourth-order valence-electron chi connectivity index (χ4n) is 5.69. The van der Waals surface area contributed by atoms with E-state index in [9.17, 15) is 26.3 Å². The number of aliphatic imine (C=N–C) groups is 1. The van der Waals surface area contributed by atoms with Gasteiger partial charge in [-0.25, -0.2) is 0 Å². The first kappa shape index (κ1) is 34.9. The molecule has 3 aromatic rings. The second-order valence-electron chi connectivity index (χ2n) is 11.6. The van der Waals surface area contributed by atoms with E-state index < -0.39 is 23.5 Å². The first-order chi connectivity index (χ1) is 20.6. The quantitative estimate of drug-likeness (QED) is 0.0828. The number of amidine groups is 1. The molecule has 240 valence electrons. The van der Waals surface area contributed by atoms with Crippen molar-refractivity contribution in [3.63, 3.8) is 0 Å². The molecule has 4 rings (SSSR count). The van der Waals surface area contributed by atoms with Gasteiger partial charge in [-0.2, -0.15) is 31.4 Å². The van der Waals surface area contributed by atoms with Crippen molar-refractivity contribution in [3.8, 4) is 0 Å². The van der Waals surface area contributed by atoms with Gasteiger partial charge in [0.1, 0.15) is 12.1 Å².